The summed E-state index contributed by atoms with van der Waals surface area (Å²) in [5.41, 5.74) is 6.43. The highest BCUT2D eigenvalue weighted by molar-refractivity contribution is 7.21. The van der Waals surface area contributed by atoms with Crippen molar-refractivity contribution in [3.05, 3.63) is 40.7 Å². The van der Waals surface area contributed by atoms with Crippen LogP contribution in [0.1, 0.15) is 38.8 Å². The molecule has 0 N–H and O–H groups in total. The van der Waals surface area contributed by atoms with Crippen LogP contribution in [0.15, 0.2) is 24.3 Å². The Labute approximate surface area is 208 Å². The van der Waals surface area contributed by atoms with Crippen LogP contribution < -0.4 is 38.8 Å². The van der Waals surface area contributed by atoms with Crippen LogP contribution in [-0.4, -0.2) is 56.2 Å². The molecule has 0 atom stereocenters. The van der Waals surface area contributed by atoms with Crippen molar-refractivity contribution in [3.63, 3.8) is 0 Å². The van der Waals surface area contributed by atoms with Crippen molar-refractivity contribution in [2.24, 2.45) is 0 Å². The van der Waals surface area contributed by atoms with Gasteiger partial charge in [0.15, 0.2) is 0 Å². The number of halogens is 1. The molecular formula is C25H35IN4S. The van der Waals surface area contributed by atoms with Crippen LogP contribution >= 0.6 is 11.3 Å². The topological polar surface area (TPSA) is 22.4 Å². The molecule has 0 unspecified atom stereocenters. The molecule has 4 nitrogen and oxygen atoms in total. The van der Waals surface area contributed by atoms with Gasteiger partial charge in [-0.05, 0) is 49.9 Å². The van der Waals surface area contributed by atoms with Gasteiger partial charge in [-0.2, -0.15) is 0 Å². The molecule has 2 heterocycles. The van der Waals surface area contributed by atoms with Crippen molar-refractivity contribution in [1.82, 2.24) is 14.5 Å². The lowest BCUT2D eigenvalue weighted by Crippen LogP contribution is -3.00. The average Bonchev–Trinajstić information content (AvgIpc) is 2.76. The van der Waals surface area contributed by atoms with Gasteiger partial charge in [0, 0.05) is 50.0 Å². The monoisotopic (exact) mass is 550 g/mol. The minimum absolute atomic E-state index is 0. The molecule has 0 spiro atoms. The van der Waals surface area contributed by atoms with E-state index < -0.39 is 0 Å². The quantitative estimate of drug-likeness (QED) is 0.276. The Morgan fingerprint density at radius 3 is 2.23 bits per heavy atom. The lowest BCUT2D eigenvalue weighted by atomic mass is 10.1. The van der Waals surface area contributed by atoms with Crippen molar-refractivity contribution in [1.29, 1.82) is 0 Å². The number of hydrogen-bond donors (Lipinski definition) is 0. The molecule has 0 aromatic heterocycles. The zero-order chi connectivity index (χ0) is 21.4. The first-order valence-corrected chi connectivity index (χ1v) is 12.1. The highest BCUT2D eigenvalue weighted by atomic mass is 127. The van der Waals surface area contributed by atoms with Crippen LogP contribution in [0.4, 0.5) is 5.69 Å². The third kappa shape index (κ3) is 4.91. The molecule has 1 saturated heterocycles. The molecule has 31 heavy (non-hydrogen) atoms. The van der Waals surface area contributed by atoms with E-state index in [0.717, 1.165) is 39.0 Å². The molecule has 1 aliphatic carbocycles. The van der Waals surface area contributed by atoms with Crippen molar-refractivity contribution in [2.45, 2.75) is 46.6 Å². The second-order valence-corrected chi connectivity index (χ2v) is 9.92. The second kappa shape index (κ2) is 10.1. The molecule has 3 aliphatic rings. The number of fused-ring (bicyclic) bond motifs is 2. The summed E-state index contributed by atoms with van der Waals surface area (Å²) in [5, 5.41) is 1.26. The first-order chi connectivity index (χ1) is 14.4. The zero-order valence-corrected chi connectivity index (χ0v) is 22.7. The van der Waals surface area contributed by atoms with Crippen molar-refractivity contribution in [2.75, 3.05) is 45.2 Å². The second-order valence-electron chi connectivity index (χ2n) is 8.84. The maximum Gasteiger partial charge on any atom is 0.201 e. The maximum absolute atomic E-state index is 5.21. The predicted molar refractivity (Wildman–Crippen MR) is 131 cm³/mol. The van der Waals surface area contributed by atoms with Gasteiger partial charge in [0.25, 0.3) is 0 Å². The smallest absolute Gasteiger partial charge is 0.201 e. The Morgan fingerprint density at radius 1 is 0.968 bits per heavy atom. The molecule has 1 aromatic carbocycles. The molecule has 0 bridgehead atoms. The van der Waals surface area contributed by atoms with E-state index in [9.17, 15) is 0 Å². The summed E-state index contributed by atoms with van der Waals surface area (Å²) in [4.78, 5) is 11.6. The summed E-state index contributed by atoms with van der Waals surface area (Å²) in [7, 11) is 4.23. The Kier molecular flexibility index (Phi) is 7.97. The summed E-state index contributed by atoms with van der Waals surface area (Å²) in [6, 6.07) is 9.99. The molecule has 168 valence electrons. The highest BCUT2D eigenvalue weighted by Gasteiger charge is 2.21. The van der Waals surface area contributed by atoms with Gasteiger partial charge >= 0.3 is 0 Å². The van der Waals surface area contributed by atoms with Gasteiger partial charge in [-0.1, -0.05) is 13.8 Å². The standard InChI is InChI=1S/C25H35N4S.HI/c1-7-18-13-20(27(5)6)15-22-24(18)26-25-19(8-2)14-21(16-23(25)30-22)29-11-9-28(10-12-29)17(3)4;/h13-17H,7-12H2,1-6H3;1H/q+1;/p-1. The number of rotatable bonds is 4. The maximum atomic E-state index is 5.21. The Balaban J connectivity index is 0.00000272. The van der Waals surface area contributed by atoms with Crippen molar-refractivity contribution in [3.8, 4) is 10.6 Å². The third-order valence-electron chi connectivity index (χ3n) is 6.41. The van der Waals surface area contributed by atoms with Crippen LogP contribution in [0.3, 0.4) is 0 Å². The van der Waals surface area contributed by atoms with Gasteiger partial charge in [-0.15, -0.1) is 11.3 Å². The average molecular weight is 551 g/mol. The van der Waals surface area contributed by atoms with E-state index in [1.807, 2.05) is 11.3 Å². The van der Waals surface area contributed by atoms with E-state index in [4.69, 9.17) is 4.98 Å². The van der Waals surface area contributed by atoms with Crippen LogP contribution in [0.25, 0.3) is 20.8 Å². The van der Waals surface area contributed by atoms with Crippen LogP contribution in [-0.2, 0) is 12.8 Å². The highest BCUT2D eigenvalue weighted by Crippen LogP contribution is 2.36. The lowest BCUT2D eigenvalue weighted by Gasteiger charge is -2.38. The Hall–Kier alpha value is -1.25. The van der Waals surface area contributed by atoms with Gasteiger partial charge in [0.05, 0.1) is 20.8 Å². The van der Waals surface area contributed by atoms with Gasteiger partial charge in [0.2, 0.25) is 5.36 Å². The van der Waals surface area contributed by atoms with Crippen LogP contribution in [0.5, 0.6) is 0 Å². The number of aromatic nitrogens is 1. The summed E-state index contributed by atoms with van der Waals surface area (Å²) in [6.07, 6.45) is 2.02. The van der Waals surface area contributed by atoms with Gasteiger partial charge in [0.1, 0.15) is 14.1 Å². The van der Waals surface area contributed by atoms with E-state index in [1.54, 1.807) is 0 Å². The number of nitrogens with zero attached hydrogens (tertiary/aromatic N) is 4. The van der Waals surface area contributed by atoms with Gasteiger partial charge in [-0.25, -0.2) is 9.56 Å². The van der Waals surface area contributed by atoms with Crippen molar-refractivity contribution < 1.29 is 24.0 Å². The van der Waals surface area contributed by atoms with E-state index in [2.05, 4.69) is 80.4 Å². The summed E-state index contributed by atoms with van der Waals surface area (Å²) in [5.74, 6) is 0. The SMILES string of the molecule is CCc1cc(=[N+](C)C)cc2sc3cc(N4CCN(C(C)C)CC4)cc(CC)c3nc1-2.[I-]. The number of anilines is 1. The first kappa shape index (κ1) is 24.4. The molecular weight excluding hydrogens is 515 g/mol. The number of benzene rings is 2. The minimum Gasteiger partial charge on any atom is -1.00 e. The minimum atomic E-state index is 0. The molecule has 1 aromatic rings. The molecule has 6 heteroatoms. The Bertz CT molecular complexity index is 1090. The fourth-order valence-corrected chi connectivity index (χ4v) is 5.56. The summed E-state index contributed by atoms with van der Waals surface area (Å²) < 4.78 is 3.50. The fraction of sp³-hybridized carbons (Fsp3) is 0.520. The molecule has 1 fully saturated rings. The predicted octanol–water partition coefficient (Wildman–Crippen LogP) is 1.09. The molecule has 0 radical (unpaired) electrons. The summed E-state index contributed by atoms with van der Waals surface area (Å²) >= 11 is 1.90. The third-order valence-corrected chi connectivity index (χ3v) is 7.47. The van der Waals surface area contributed by atoms with E-state index in [1.165, 1.54) is 43.0 Å². The first-order valence-electron chi connectivity index (χ1n) is 11.3. The largest absolute Gasteiger partial charge is 1.00 e. The molecule has 0 amide bonds. The van der Waals surface area contributed by atoms with Crippen molar-refractivity contribution >= 4 is 27.2 Å². The van der Waals surface area contributed by atoms with E-state index in [-0.39, 0.29) is 24.0 Å². The summed E-state index contributed by atoms with van der Waals surface area (Å²) in [6.45, 7) is 13.6. The van der Waals surface area contributed by atoms with E-state index in [0.29, 0.717) is 6.04 Å². The van der Waals surface area contributed by atoms with Crippen LogP contribution in [0.2, 0.25) is 0 Å². The normalized spacial score (nSPS) is 15.0. The fourth-order valence-electron chi connectivity index (χ4n) is 4.41. The molecule has 2 aliphatic heterocycles. The number of hydrogen-bond acceptors (Lipinski definition) is 4. The Morgan fingerprint density at radius 2 is 1.65 bits per heavy atom. The lowest BCUT2D eigenvalue weighted by molar-refractivity contribution is -0.00000646. The van der Waals surface area contributed by atoms with Crippen LogP contribution in [0, 0.1) is 0 Å². The van der Waals surface area contributed by atoms with Gasteiger partial charge < -0.3 is 28.9 Å². The number of piperazine rings is 1. The van der Waals surface area contributed by atoms with Gasteiger partial charge in [-0.3, -0.25) is 4.90 Å². The molecule has 0 saturated carbocycles. The number of aryl methyl sites for hydroxylation is 2. The van der Waals surface area contributed by atoms with E-state index >= 15 is 0 Å². The zero-order valence-electron chi connectivity index (χ0n) is 19.7. The molecule has 4 rings (SSSR count).